The molecule has 1 aliphatic carbocycles. The molecule has 1 saturated carbocycles. The molecule has 4 rings (SSSR count). The molecule has 1 saturated heterocycles. The van der Waals surface area contributed by atoms with Crippen molar-refractivity contribution in [3.8, 4) is 0 Å². The average molecular weight is 401 g/mol. The Hall–Kier alpha value is -2.61. The molecule has 148 valence electrons. The molecule has 0 bridgehead atoms. The van der Waals surface area contributed by atoms with E-state index >= 15 is 0 Å². The quantitative estimate of drug-likeness (QED) is 0.838. The zero-order valence-corrected chi connectivity index (χ0v) is 16.3. The lowest BCUT2D eigenvalue weighted by Crippen LogP contribution is -2.32. The summed E-state index contributed by atoms with van der Waals surface area (Å²) in [6, 6.07) is 5.29. The Balaban J connectivity index is 1.64. The van der Waals surface area contributed by atoms with Crippen LogP contribution in [0.3, 0.4) is 0 Å². The Kier molecular flexibility index (Phi) is 4.97. The van der Waals surface area contributed by atoms with Crippen molar-refractivity contribution in [3.05, 3.63) is 47.0 Å². The van der Waals surface area contributed by atoms with E-state index in [2.05, 4.69) is 10.2 Å². The lowest BCUT2D eigenvalue weighted by Gasteiger charge is -2.31. The van der Waals surface area contributed by atoms with Crippen LogP contribution >= 0.6 is 0 Å². The van der Waals surface area contributed by atoms with Gasteiger partial charge in [-0.3, -0.25) is 14.5 Å². The lowest BCUT2D eigenvalue weighted by atomic mass is 10.1. The molecule has 1 aromatic rings. The molecule has 0 spiro atoms. The molecule has 0 radical (unpaired) electrons. The summed E-state index contributed by atoms with van der Waals surface area (Å²) in [5.41, 5.74) is 1.94. The largest absolute Gasteiger partial charge is 0.371 e. The lowest BCUT2D eigenvalue weighted by molar-refractivity contribution is -0.117. The third-order valence-corrected chi connectivity index (χ3v) is 6.20. The van der Waals surface area contributed by atoms with Gasteiger partial charge >= 0.3 is 0 Å². The van der Waals surface area contributed by atoms with E-state index in [1.165, 1.54) is 17.3 Å². The van der Waals surface area contributed by atoms with Gasteiger partial charge in [0.1, 0.15) is 0 Å². The number of piperidine rings is 1. The van der Waals surface area contributed by atoms with Crippen LogP contribution in [0.2, 0.25) is 0 Å². The standard InChI is InChI=1S/C20H23N3O4S/c24-19(15-4-5-15)21-16-6-7-17(18(14-16)22-8-2-1-3-9-22)20(25)23-10-12-28(26,27)13-11-23/h6-7,10-15H,1-5,8-9H2,(H,21,24). The maximum Gasteiger partial charge on any atom is 0.263 e. The fourth-order valence-corrected chi connectivity index (χ4v) is 4.14. The van der Waals surface area contributed by atoms with Crippen molar-refractivity contribution in [3.63, 3.8) is 0 Å². The van der Waals surface area contributed by atoms with Gasteiger partial charge in [0.05, 0.1) is 22.1 Å². The number of hydrogen-bond donors (Lipinski definition) is 1. The summed E-state index contributed by atoms with van der Waals surface area (Å²) in [5, 5.41) is 4.96. The van der Waals surface area contributed by atoms with Crippen molar-refractivity contribution in [2.75, 3.05) is 23.3 Å². The molecule has 2 fully saturated rings. The number of rotatable bonds is 4. The number of nitrogens with one attached hydrogen (secondary N) is 1. The van der Waals surface area contributed by atoms with E-state index in [1.807, 2.05) is 6.07 Å². The first-order chi connectivity index (χ1) is 13.4. The normalized spacial score (nSPS) is 20.9. The Labute approximate surface area is 164 Å². The summed E-state index contributed by atoms with van der Waals surface area (Å²) < 4.78 is 23.0. The summed E-state index contributed by atoms with van der Waals surface area (Å²) in [6.45, 7) is 1.70. The van der Waals surface area contributed by atoms with Crippen LogP contribution in [-0.2, 0) is 14.6 Å². The van der Waals surface area contributed by atoms with Gasteiger partial charge < -0.3 is 10.2 Å². The minimum absolute atomic E-state index is 0.0239. The summed E-state index contributed by atoms with van der Waals surface area (Å²) in [4.78, 5) is 28.6. The molecule has 2 aliphatic heterocycles. The van der Waals surface area contributed by atoms with E-state index in [9.17, 15) is 18.0 Å². The summed E-state index contributed by atoms with van der Waals surface area (Å²) in [5.74, 6) is -0.177. The minimum atomic E-state index is -3.40. The van der Waals surface area contributed by atoms with Gasteiger partial charge in [-0.15, -0.1) is 0 Å². The second-order valence-corrected chi connectivity index (χ2v) is 9.14. The number of hydrogen-bond acceptors (Lipinski definition) is 5. The second-order valence-electron chi connectivity index (χ2n) is 7.41. The SMILES string of the molecule is O=C(Nc1ccc(C(=O)N2C=CS(=O)(=O)C=C2)c(N2CCCCC2)c1)C1CC1. The molecule has 8 heteroatoms. The van der Waals surface area contributed by atoms with Gasteiger partial charge in [0.2, 0.25) is 5.91 Å². The van der Waals surface area contributed by atoms with E-state index in [4.69, 9.17) is 0 Å². The maximum absolute atomic E-state index is 13.0. The third-order valence-electron chi connectivity index (χ3n) is 5.20. The van der Waals surface area contributed by atoms with Crippen molar-refractivity contribution in [1.29, 1.82) is 0 Å². The molecule has 1 N–H and O–H groups in total. The Bertz CT molecular complexity index is 938. The number of anilines is 2. The minimum Gasteiger partial charge on any atom is -0.371 e. The molecule has 28 heavy (non-hydrogen) atoms. The molecule has 2 heterocycles. The molecule has 3 aliphatic rings. The summed E-state index contributed by atoms with van der Waals surface area (Å²) in [6.07, 6.45) is 7.65. The van der Waals surface area contributed by atoms with Gasteiger partial charge in [-0.25, -0.2) is 8.42 Å². The van der Waals surface area contributed by atoms with Crippen LogP contribution in [0.15, 0.2) is 41.4 Å². The number of sulfone groups is 1. The monoisotopic (exact) mass is 401 g/mol. The molecule has 0 unspecified atom stereocenters. The number of carbonyl (C=O) groups is 2. The molecular weight excluding hydrogens is 378 g/mol. The molecule has 1 aromatic carbocycles. The fraction of sp³-hybridized carbons (Fsp3) is 0.400. The highest BCUT2D eigenvalue weighted by atomic mass is 32.2. The van der Waals surface area contributed by atoms with E-state index in [1.54, 1.807) is 12.1 Å². The zero-order valence-electron chi connectivity index (χ0n) is 15.5. The van der Waals surface area contributed by atoms with E-state index < -0.39 is 9.84 Å². The number of amides is 2. The first kappa shape index (κ1) is 18.7. The predicted octanol–water partition coefficient (Wildman–Crippen LogP) is 2.84. The number of benzene rings is 1. The second kappa shape index (κ2) is 7.43. The molecule has 0 aromatic heterocycles. The van der Waals surface area contributed by atoms with Crippen LogP contribution in [0.25, 0.3) is 0 Å². The predicted molar refractivity (Wildman–Crippen MR) is 107 cm³/mol. The van der Waals surface area contributed by atoms with Crippen molar-refractivity contribution >= 4 is 33.0 Å². The first-order valence-electron chi connectivity index (χ1n) is 9.57. The summed E-state index contributed by atoms with van der Waals surface area (Å²) >= 11 is 0. The molecule has 7 nitrogen and oxygen atoms in total. The van der Waals surface area contributed by atoms with Crippen LogP contribution in [-0.4, -0.2) is 38.2 Å². The fourth-order valence-electron chi connectivity index (χ4n) is 3.45. The average Bonchev–Trinajstić information content (AvgIpc) is 3.53. The van der Waals surface area contributed by atoms with E-state index in [-0.39, 0.29) is 17.7 Å². The Morgan fingerprint density at radius 1 is 1.00 bits per heavy atom. The molecule has 0 atom stereocenters. The first-order valence-corrected chi connectivity index (χ1v) is 11.2. The van der Waals surface area contributed by atoms with E-state index in [0.29, 0.717) is 11.3 Å². The van der Waals surface area contributed by atoms with Crippen LogP contribution < -0.4 is 10.2 Å². The molecule has 2 amide bonds. The zero-order chi connectivity index (χ0) is 19.7. The van der Waals surface area contributed by atoms with Gasteiger partial charge in [0.15, 0.2) is 9.84 Å². The highest BCUT2D eigenvalue weighted by Gasteiger charge is 2.30. The van der Waals surface area contributed by atoms with Crippen molar-refractivity contribution in [2.24, 2.45) is 5.92 Å². The topological polar surface area (TPSA) is 86.8 Å². The van der Waals surface area contributed by atoms with E-state index in [0.717, 1.165) is 61.7 Å². The van der Waals surface area contributed by atoms with Crippen molar-refractivity contribution in [2.45, 2.75) is 32.1 Å². The van der Waals surface area contributed by atoms with Gasteiger partial charge in [-0.1, -0.05) is 0 Å². The van der Waals surface area contributed by atoms with Gasteiger partial charge in [-0.2, -0.15) is 0 Å². The van der Waals surface area contributed by atoms with Crippen LogP contribution in [0.5, 0.6) is 0 Å². The van der Waals surface area contributed by atoms with Crippen LogP contribution in [0.1, 0.15) is 42.5 Å². The van der Waals surface area contributed by atoms with Gasteiger partial charge in [-0.05, 0) is 50.3 Å². The Morgan fingerprint density at radius 3 is 2.32 bits per heavy atom. The highest BCUT2D eigenvalue weighted by Crippen LogP contribution is 2.33. The highest BCUT2D eigenvalue weighted by molar-refractivity contribution is 7.97. The smallest absolute Gasteiger partial charge is 0.263 e. The number of carbonyl (C=O) groups excluding carboxylic acids is 2. The van der Waals surface area contributed by atoms with Gasteiger partial charge in [0.25, 0.3) is 5.91 Å². The number of nitrogens with zero attached hydrogens (tertiary/aromatic N) is 2. The van der Waals surface area contributed by atoms with Gasteiger partial charge in [0, 0.05) is 37.1 Å². The third kappa shape index (κ3) is 4.11. The van der Waals surface area contributed by atoms with Crippen molar-refractivity contribution in [1.82, 2.24) is 4.90 Å². The van der Waals surface area contributed by atoms with Crippen LogP contribution in [0.4, 0.5) is 11.4 Å². The maximum atomic E-state index is 13.0. The molecular formula is C20H23N3O4S. The van der Waals surface area contributed by atoms with Crippen LogP contribution in [0, 0.1) is 5.92 Å². The summed E-state index contributed by atoms with van der Waals surface area (Å²) in [7, 11) is -3.40. The van der Waals surface area contributed by atoms with Crippen molar-refractivity contribution < 1.29 is 18.0 Å². The Morgan fingerprint density at radius 2 is 1.68 bits per heavy atom.